The summed E-state index contributed by atoms with van der Waals surface area (Å²) in [6, 6.07) is 3.36. The summed E-state index contributed by atoms with van der Waals surface area (Å²) in [5.41, 5.74) is 0.580. The molecule has 6 nitrogen and oxygen atoms in total. The van der Waals surface area contributed by atoms with Crippen LogP contribution in [0.1, 0.15) is 5.56 Å². The zero-order valence-corrected chi connectivity index (χ0v) is 13.5. The summed E-state index contributed by atoms with van der Waals surface area (Å²) >= 11 is 0. The van der Waals surface area contributed by atoms with Crippen molar-refractivity contribution in [3.8, 4) is 29.6 Å². The van der Waals surface area contributed by atoms with Crippen LogP contribution in [0.5, 0.6) is 17.2 Å². The molecule has 0 spiro atoms. The van der Waals surface area contributed by atoms with E-state index in [2.05, 4.69) is 5.92 Å². The minimum atomic E-state index is -1.05. The highest BCUT2D eigenvalue weighted by molar-refractivity contribution is 5.86. The van der Waals surface area contributed by atoms with Crippen molar-refractivity contribution < 1.29 is 24.1 Å². The number of ether oxygens (including phenoxy) is 3. The average molecular weight is 319 g/mol. The van der Waals surface area contributed by atoms with Gasteiger partial charge in [0, 0.05) is 18.2 Å². The molecule has 6 heteroatoms. The van der Waals surface area contributed by atoms with Gasteiger partial charge in [0.1, 0.15) is 13.2 Å². The van der Waals surface area contributed by atoms with Crippen molar-refractivity contribution in [1.29, 1.82) is 0 Å². The van der Waals surface area contributed by atoms with Gasteiger partial charge < -0.3 is 24.2 Å². The molecule has 0 unspecified atom stereocenters. The molecule has 0 bridgehead atoms. The number of benzene rings is 1. The second-order valence-electron chi connectivity index (χ2n) is 4.83. The fraction of sp³-hybridized carbons (Fsp3) is 0.353. The van der Waals surface area contributed by atoms with Gasteiger partial charge in [0.25, 0.3) is 0 Å². The third-order valence-corrected chi connectivity index (χ3v) is 2.81. The van der Waals surface area contributed by atoms with Gasteiger partial charge in [0.15, 0.2) is 11.5 Å². The first-order chi connectivity index (χ1) is 11.0. The van der Waals surface area contributed by atoms with Crippen LogP contribution >= 0.6 is 0 Å². The fourth-order valence-electron chi connectivity index (χ4n) is 1.76. The Balaban J connectivity index is 3.17. The molecule has 0 aliphatic rings. The number of methoxy groups -OCH3 is 1. The minimum absolute atomic E-state index is 0.0950. The van der Waals surface area contributed by atoms with Crippen LogP contribution in [0, 0.1) is 12.3 Å². The van der Waals surface area contributed by atoms with E-state index in [4.69, 9.17) is 25.7 Å². The van der Waals surface area contributed by atoms with E-state index in [9.17, 15) is 4.79 Å². The molecule has 0 fully saturated rings. The lowest BCUT2D eigenvalue weighted by atomic mass is 10.1. The molecule has 0 aliphatic heterocycles. The van der Waals surface area contributed by atoms with E-state index in [1.165, 1.54) is 13.2 Å². The molecular formula is C17H21NO5. The Labute approximate surface area is 136 Å². The highest BCUT2D eigenvalue weighted by atomic mass is 16.5. The first-order valence-corrected chi connectivity index (χ1v) is 6.95. The van der Waals surface area contributed by atoms with Crippen LogP contribution in [0.4, 0.5) is 0 Å². The van der Waals surface area contributed by atoms with Gasteiger partial charge in [-0.05, 0) is 32.3 Å². The SMILES string of the molecule is C#CCOc1ccc(/C=C/C(=O)O)c(OCCN(C)C)c1OC. The lowest BCUT2D eigenvalue weighted by molar-refractivity contribution is -0.131. The topological polar surface area (TPSA) is 68.2 Å². The number of carboxylic acid groups (broad SMARTS) is 1. The van der Waals surface area contributed by atoms with Crippen molar-refractivity contribution in [1.82, 2.24) is 4.90 Å². The summed E-state index contributed by atoms with van der Waals surface area (Å²) in [6.45, 7) is 1.20. The summed E-state index contributed by atoms with van der Waals surface area (Å²) in [5.74, 6) is 2.58. The van der Waals surface area contributed by atoms with Crippen molar-refractivity contribution in [3.63, 3.8) is 0 Å². The van der Waals surface area contributed by atoms with E-state index in [0.717, 1.165) is 6.08 Å². The van der Waals surface area contributed by atoms with Crippen LogP contribution in [0.25, 0.3) is 6.08 Å². The lowest BCUT2D eigenvalue weighted by Gasteiger charge is -2.18. The van der Waals surface area contributed by atoms with E-state index in [1.807, 2.05) is 19.0 Å². The van der Waals surface area contributed by atoms with Gasteiger partial charge in [0.05, 0.1) is 7.11 Å². The molecule has 1 rings (SSSR count). The Morgan fingerprint density at radius 1 is 1.35 bits per heavy atom. The van der Waals surface area contributed by atoms with E-state index >= 15 is 0 Å². The predicted octanol–water partition coefficient (Wildman–Crippen LogP) is 1.75. The van der Waals surface area contributed by atoms with Gasteiger partial charge in [-0.3, -0.25) is 0 Å². The Hall–Kier alpha value is -2.65. The molecular weight excluding hydrogens is 298 g/mol. The molecule has 124 valence electrons. The maximum absolute atomic E-state index is 10.7. The second-order valence-corrected chi connectivity index (χ2v) is 4.83. The predicted molar refractivity (Wildman–Crippen MR) is 88.0 cm³/mol. The molecule has 0 radical (unpaired) electrons. The zero-order chi connectivity index (χ0) is 17.2. The summed E-state index contributed by atoms with van der Waals surface area (Å²) in [6.07, 6.45) is 7.68. The van der Waals surface area contributed by atoms with Crippen LogP contribution < -0.4 is 14.2 Å². The van der Waals surface area contributed by atoms with Gasteiger partial charge in [0.2, 0.25) is 5.75 Å². The second kappa shape index (κ2) is 9.38. The number of hydrogen-bond donors (Lipinski definition) is 1. The molecule has 0 aliphatic carbocycles. The molecule has 0 amide bonds. The summed E-state index contributed by atoms with van der Waals surface area (Å²) < 4.78 is 16.6. The van der Waals surface area contributed by atoms with Crippen molar-refractivity contribution in [2.45, 2.75) is 0 Å². The Morgan fingerprint density at radius 2 is 2.09 bits per heavy atom. The van der Waals surface area contributed by atoms with Crippen molar-refractivity contribution >= 4 is 12.0 Å². The molecule has 0 saturated heterocycles. The lowest BCUT2D eigenvalue weighted by Crippen LogP contribution is -2.19. The number of nitrogens with zero attached hydrogens (tertiary/aromatic N) is 1. The van der Waals surface area contributed by atoms with Crippen LogP contribution in [-0.2, 0) is 4.79 Å². The maximum atomic E-state index is 10.7. The molecule has 1 aromatic carbocycles. The normalized spacial score (nSPS) is 10.6. The van der Waals surface area contributed by atoms with Crippen molar-refractivity contribution in [3.05, 3.63) is 23.8 Å². The van der Waals surface area contributed by atoms with Gasteiger partial charge in [-0.25, -0.2) is 4.79 Å². The van der Waals surface area contributed by atoms with Gasteiger partial charge in [-0.2, -0.15) is 0 Å². The molecule has 1 N–H and O–H groups in total. The van der Waals surface area contributed by atoms with Crippen molar-refractivity contribution in [2.24, 2.45) is 0 Å². The highest BCUT2D eigenvalue weighted by Crippen LogP contribution is 2.40. The zero-order valence-electron chi connectivity index (χ0n) is 13.5. The number of hydrogen-bond acceptors (Lipinski definition) is 5. The van der Waals surface area contributed by atoms with E-state index in [0.29, 0.717) is 36.0 Å². The smallest absolute Gasteiger partial charge is 0.328 e. The third-order valence-electron chi connectivity index (χ3n) is 2.81. The number of likely N-dealkylation sites (N-methyl/N-ethyl adjacent to an activating group) is 1. The Morgan fingerprint density at radius 3 is 2.65 bits per heavy atom. The van der Waals surface area contributed by atoms with Crippen LogP contribution in [0.3, 0.4) is 0 Å². The molecule has 1 aromatic rings. The van der Waals surface area contributed by atoms with Gasteiger partial charge in [-0.1, -0.05) is 5.92 Å². The van der Waals surface area contributed by atoms with E-state index in [-0.39, 0.29) is 6.61 Å². The fourth-order valence-corrected chi connectivity index (χ4v) is 1.76. The van der Waals surface area contributed by atoms with E-state index < -0.39 is 5.97 Å². The van der Waals surface area contributed by atoms with Crippen LogP contribution in [-0.4, -0.2) is 56.9 Å². The monoisotopic (exact) mass is 319 g/mol. The largest absolute Gasteiger partial charge is 0.490 e. The number of carbonyl (C=O) groups is 1. The Bertz CT molecular complexity index is 602. The van der Waals surface area contributed by atoms with Crippen molar-refractivity contribution in [2.75, 3.05) is 41.0 Å². The van der Waals surface area contributed by atoms with Gasteiger partial charge in [-0.15, -0.1) is 6.42 Å². The van der Waals surface area contributed by atoms with E-state index in [1.54, 1.807) is 12.1 Å². The average Bonchev–Trinajstić information content (AvgIpc) is 2.51. The molecule has 0 heterocycles. The molecule has 23 heavy (non-hydrogen) atoms. The van der Waals surface area contributed by atoms with Gasteiger partial charge >= 0.3 is 5.97 Å². The molecule has 0 atom stereocenters. The molecule has 0 saturated carbocycles. The molecule has 0 aromatic heterocycles. The number of aliphatic carboxylic acids is 1. The summed E-state index contributed by atoms with van der Waals surface area (Å²) in [7, 11) is 5.35. The number of terminal acetylenes is 1. The number of carboxylic acids is 1. The summed E-state index contributed by atoms with van der Waals surface area (Å²) in [4.78, 5) is 12.7. The Kier molecular flexibility index (Phi) is 7.51. The standard InChI is InChI=1S/C17H21NO5/c1-5-11-22-14-8-6-13(7-9-15(19)20)16(17(14)21-4)23-12-10-18(2)3/h1,6-9H,10-12H2,2-4H3,(H,19,20)/b9-7+. The quantitative estimate of drug-likeness (QED) is 0.552. The number of rotatable bonds is 9. The first kappa shape index (κ1) is 18.4. The summed E-state index contributed by atoms with van der Waals surface area (Å²) in [5, 5.41) is 8.80. The van der Waals surface area contributed by atoms with Crippen LogP contribution in [0.15, 0.2) is 18.2 Å². The third kappa shape index (κ3) is 5.93. The maximum Gasteiger partial charge on any atom is 0.328 e. The minimum Gasteiger partial charge on any atom is -0.490 e. The van der Waals surface area contributed by atoms with Crippen LogP contribution in [0.2, 0.25) is 0 Å². The first-order valence-electron chi connectivity index (χ1n) is 6.95. The highest BCUT2D eigenvalue weighted by Gasteiger charge is 2.16.